The van der Waals surface area contributed by atoms with Crippen LogP contribution < -0.4 is 0 Å². The van der Waals surface area contributed by atoms with Crippen LogP contribution in [-0.4, -0.2) is 9.97 Å². The van der Waals surface area contributed by atoms with Crippen LogP contribution in [0.3, 0.4) is 0 Å². The van der Waals surface area contributed by atoms with Crippen LogP contribution in [0.1, 0.15) is 147 Å². The van der Waals surface area contributed by atoms with Gasteiger partial charge in [-0.1, -0.05) is 115 Å². The molecule has 3 heteroatoms. The molecule has 0 N–H and O–H groups in total. The van der Waals surface area contributed by atoms with E-state index in [1.54, 1.807) is 0 Å². The van der Waals surface area contributed by atoms with Gasteiger partial charge in [0.1, 0.15) is 5.82 Å². The molecule has 1 saturated carbocycles. The van der Waals surface area contributed by atoms with Gasteiger partial charge in [0.05, 0.1) is 11.5 Å². The number of nitriles is 1. The van der Waals surface area contributed by atoms with Crippen molar-refractivity contribution in [1.29, 1.82) is 5.26 Å². The van der Waals surface area contributed by atoms with Gasteiger partial charge in [-0.25, -0.2) is 9.97 Å². The molecule has 1 heterocycles. The molecule has 37 heavy (non-hydrogen) atoms. The van der Waals surface area contributed by atoms with Gasteiger partial charge in [-0.15, -0.1) is 0 Å². The zero-order chi connectivity index (χ0) is 26.2. The van der Waals surface area contributed by atoms with Crippen molar-refractivity contribution in [3.8, 4) is 17.2 Å². The summed E-state index contributed by atoms with van der Waals surface area (Å²) in [6.45, 7) is 4.54. The number of rotatable bonds is 17. The Kier molecular flexibility index (Phi) is 13.2. The second-order valence-corrected chi connectivity index (χ2v) is 11.6. The predicted octanol–water partition coefficient (Wildman–Crippen LogP) is 10.4. The number of unbranched alkanes of at least 4 members (excludes halogenated alkanes) is 11. The lowest BCUT2D eigenvalue weighted by Crippen LogP contribution is -2.26. The first kappa shape index (κ1) is 29.3. The Morgan fingerprint density at radius 3 is 1.84 bits per heavy atom. The summed E-state index contributed by atoms with van der Waals surface area (Å²) >= 11 is 0. The highest BCUT2D eigenvalue weighted by molar-refractivity contribution is 5.61. The molecule has 2 aromatic rings. The molecule has 0 amide bonds. The van der Waals surface area contributed by atoms with E-state index < -0.39 is 0 Å². The number of nitrogens with zero attached hydrogens (tertiary/aromatic N) is 3. The van der Waals surface area contributed by atoms with Crippen LogP contribution in [0.5, 0.6) is 0 Å². The average molecular weight is 502 g/mol. The van der Waals surface area contributed by atoms with E-state index in [0.29, 0.717) is 5.92 Å². The quantitative estimate of drug-likeness (QED) is 0.202. The summed E-state index contributed by atoms with van der Waals surface area (Å²) in [7, 11) is 0. The van der Waals surface area contributed by atoms with Gasteiger partial charge in [-0.2, -0.15) is 5.26 Å². The summed E-state index contributed by atoms with van der Waals surface area (Å²) in [5, 5.41) is 9.98. The van der Waals surface area contributed by atoms with Crippen molar-refractivity contribution in [3.05, 3.63) is 48.0 Å². The Bertz CT molecular complexity index is 902. The van der Waals surface area contributed by atoms with Gasteiger partial charge < -0.3 is 0 Å². The van der Waals surface area contributed by atoms with Crippen LogP contribution in [-0.2, 0) is 6.42 Å². The molecule has 0 radical (unpaired) electrons. The van der Waals surface area contributed by atoms with Crippen molar-refractivity contribution in [2.75, 3.05) is 0 Å². The molecule has 0 atom stereocenters. The van der Waals surface area contributed by atoms with E-state index in [-0.39, 0.29) is 5.41 Å². The summed E-state index contributed by atoms with van der Waals surface area (Å²) in [5.74, 6) is 1.36. The van der Waals surface area contributed by atoms with Crippen LogP contribution in [0.2, 0.25) is 0 Å². The molecule has 0 bridgehead atoms. The monoisotopic (exact) mass is 501 g/mol. The number of aromatic nitrogens is 2. The minimum Gasteiger partial charge on any atom is -0.240 e. The highest BCUT2D eigenvalue weighted by Gasteiger charge is 2.36. The molecule has 0 unspecified atom stereocenters. The Morgan fingerprint density at radius 2 is 1.27 bits per heavy atom. The largest absolute Gasteiger partial charge is 0.240 e. The molecule has 202 valence electrons. The molecular weight excluding hydrogens is 450 g/mol. The van der Waals surface area contributed by atoms with Crippen molar-refractivity contribution in [2.24, 2.45) is 5.41 Å². The molecule has 0 spiro atoms. The SMILES string of the molecule is CCCCCCCCCCC1(C#N)CCC(c2ncc(-c3ccc(CCCCCCC)cc3)cn2)CC1. The van der Waals surface area contributed by atoms with Crippen molar-refractivity contribution < 1.29 is 0 Å². The number of benzene rings is 1. The lowest BCUT2D eigenvalue weighted by atomic mass is 9.68. The maximum absolute atomic E-state index is 9.98. The maximum atomic E-state index is 9.98. The van der Waals surface area contributed by atoms with E-state index in [1.165, 1.54) is 101 Å². The van der Waals surface area contributed by atoms with Crippen molar-refractivity contribution >= 4 is 0 Å². The van der Waals surface area contributed by atoms with E-state index in [9.17, 15) is 5.26 Å². The first-order chi connectivity index (χ1) is 18.2. The Hall–Kier alpha value is -2.21. The van der Waals surface area contributed by atoms with E-state index in [2.05, 4.69) is 44.2 Å². The second kappa shape index (κ2) is 16.6. The molecule has 3 rings (SSSR count). The highest BCUT2D eigenvalue weighted by Crippen LogP contribution is 2.45. The lowest BCUT2D eigenvalue weighted by molar-refractivity contribution is 0.219. The van der Waals surface area contributed by atoms with Crippen LogP contribution >= 0.6 is 0 Å². The van der Waals surface area contributed by atoms with Gasteiger partial charge in [-0.05, 0) is 56.1 Å². The molecule has 1 aliphatic rings. The van der Waals surface area contributed by atoms with Gasteiger partial charge in [0.2, 0.25) is 0 Å². The van der Waals surface area contributed by atoms with Gasteiger partial charge in [0, 0.05) is 23.9 Å². The van der Waals surface area contributed by atoms with Gasteiger partial charge in [-0.3, -0.25) is 0 Å². The highest BCUT2D eigenvalue weighted by atomic mass is 14.9. The predicted molar refractivity (Wildman–Crippen MR) is 156 cm³/mol. The third kappa shape index (κ3) is 9.88. The second-order valence-electron chi connectivity index (χ2n) is 11.6. The Balaban J connectivity index is 1.41. The average Bonchev–Trinajstić information content (AvgIpc) is 2.95. The zero-order valence-electron chi connectivity index (χ0n) is 23.8. The van der Waals surface area contributed by atoms with Crippen LogP contribution in [0.25, 0.3) is 11.1 Å². The van der Waals surface area contributed by atoms with E-state index in [4.69, 9.17) is 9.97 Å². The van der Waals surface area contributed by atoms with Crippen molar-refractivity contribution in [1.82, 2.24) is 9.97 Å². The van der Waals surface area contributed by atoms with Crippen LogP contribution in [0.4, 0.5) is 0 Å². The molecule has 3 nitrogen and oxygen atoms in total. The first-order valence-electron chi connectivity index (χ1n) is 15.5. The summed E-state index contributed by atoms with van der Waals surface area (Å²) in [4.78, 5) is 9.55. The van der Waals surface area contributed by atoms with Crippen molar-refractivity contribution in [3.63, 3.8) is 0 Å². The van der Waals surface area contributed by atoms with E-state index >= 15 is 0 Å². The minimum absolute atomic E-state index is 0.115. The fourth-order valence-electron chi connectivity index (χ4n) is 5.94. The summed E-state index contributed by atoms with van der Waals surface area (Å²) in [6, 6.07) is 11.7. The normalized spacial score (nSPS) is 19.5. The third-order valence-electron chi connectivity index (χ3n) is 8.58. The molecular formula is C34H51N3. The smallest absolute Gasteiger partial charge is 0.131 e. The molecule has 1 aromatic carbocycles. The fourth-order valence-corrected chi connectivity index (χ4v) is 5.94. The molecule has 1 fully saturated rings. The molecule has 1 aromatic heterocycles. The zero-order valence-corrected chi connectivity index (χ0v) is 23.8. The molecule has 0 aliphatic heterocycles. The summed E-state index contributed by atoms with van der Waals surface area (Å²) in [6.07, 6.45) is 27.5. The molecule has 0 saturated heterocycles. The topological polar surface area (TPSA) is 49.6 Å². The van der Waals surface area contributed by atoms with Gasteiger partial charge in [0.15, 0.2) is 0 Å². The fraction of sp³-hybridized carbons (Fsp3) is 0.676. The number of hydrogen-bond donors (Lipinski definition) is 0. The van der Waals surface area contributed by atoms with E-state index in [1.807, 2.05) is 12.4 Å². The first-order valence-corrected chi connectivity index (χ1v) is 15.5. The third-order valence-corrected chi connectivity index (χ3v) is 8.58. The Labute approximate surface area is 227 Å². The number of hydrogen-bond acceptors (Lipinski definition) is 3. The standard InChI is InChI=1S/C34H51N3/c1-3-5-7-9-10-11-13-15-23-34(28-35)24-21-31(22-25-34)33-36-26-32(27-37-33)30-19-17-29(18-20-30)16-14-12-8-6-4-2/h17-20,26-27,31H,3-16,21-25H2,1-2H3. The molecule has 1 aliphatic carbocycles. The van der Waals surface area contributed by atoms with E-state index in [0.717, 1.165) is 43.5 Å². The van der Waals surface area contributed by atoms with Gasteiger partial charge in [0.25, 0.3) is 0 Å². The number of aryl methyl sites for hydroxylation is 1. The van der Waals surface area contributed by atoms with Crippen molar-refractivity contribution in [2.45, 2.75) is 142 Å². The maximum Gasteiger partial charge on any atom is 0.131 e. The Morgan fingerprint density at radius 1 is 0.730 bits per heavy atom. The summed E-state index contributed by atoms with van der Waals surface area (Å²) in [5.41, 5.74) is 3.60. The summed E-state index contributed by atoms with van der Waals surface area (Å²) < 4.78 is 0. The van der Waals surface area contributed by atoms with Crippen LogP contribution in [0, 0.1) is 16.7 Å². The van der Waals surface area contributed by atoms with Gasteiger partial charge >= 0.3 is 0 Å². The minimum atomic E-state index is -0.115. The van der Waals surface area contributed by atoms with Crippen LogP contribution in [0.15, 0.2) is 36.7 Å². The lowest BCUT2D eigenvalue weighted by Gasteiger charge is -2.34.